The smallest absolute Gasteiger partial charge is 0.227 e. The third kappa shape index (κ3) is 7.50. The Labute approximate surface area is 154 Å². The molecule has 0 aromatic carbocycles. The summed E-state index contributed by atoms with van der Waals surface area (Å²) in [7, 11) is 0. The van der Waals surface area contributed by atoms with E-state index in [2.05, 4.69) is 31.2 Å². The summed E-state index contributed by atoms with van der Waals surface area (Å²) < 4.78 is 0. The molecule has 142 valence electrons. The summed E-state index contributed by atoms with van der Waals surface area (Å²) in [4.78, 5) is 32.1. The number of carbonyl (C=O) groups is 2. The maximum atomic E-state index is 12.0. The summed E-state index contributed by atoms with van der Waals surface area (Å²) >= 11 is 0. The molecule has 8 nitrogen and oxygen atoms in total. The Morgan fingerprint density at radius 1 is 1.19 bits per heavy atom. The van der Waals surface area contributed by atoms with Crippen molar-refractivity contribution in [1.82, 2.24) is 20.9 Å². The van der Waals surface area contributed by atoms with Gasteiger partial charge in [-0.2, -0.15) is 0 Å². The number of pyridine rings is 1. The highest BCUT2D eigenvalue weighted by Crippen LogP contribution is 2.28. The normalized spacial score (nSPS) is 13.8. The van der Waals surface area contributed by atoms with E-state index in [9.17, 15) is 9.59 Å². The zero-order valence-electron chi connectivity index (χ0n) is 15.5. The number of nitrogens with one attached hydrogen (secondary N) is 4. The van der Waals surface area contributed by atoms with Crippen LogP contribution >= 0.6 is 0 Å². The maximum Gasteiger partial charge on any atom is 0.227 e. The molecule has 8 heteroatoms. The first-order valence-electron chi connectivity index (χ1n) is 9.12. The average Bonchev–Trinajstić information content (AvgIpc) is 3.43. The summed E-state index contributed by atoms with van der Waals surface area (Å²) in [5.74, 6) is 1.41. The lowest BCUT2D eigenvalue weighted by Crippen LogP contribution is -2.41. The van der Waals surface area contributed by atoms with Crippen LogP contribution in [-0.4, -0.2) is 48.9 Å². The molecule has 0 aliphatic heterocycles. The fourth-order valence-corrected chi connectivity index (χ4v) is 2.29. The topological polar surface area (TPSA) is 108 Å². The van der Waals surface area contributed by atoms with Crippen molar-refractivity contribution in [3.8, 4) is 0 Å². The fraction of sp³-hybridized carbons (Fsp3) is 0.556. The van der Waals surface area contributed by atoms with E-state index in [1.807, 2.05) is 26.0 Å². The van der Waals surface area contributed by atoms with E-state index in [-0.39, 0.29) is 24.2 Å². The lowest BCUT2D eigenvalue weighted by atomic mass is 10.3. The van der Waals surface area contributed by atoms with Gasteiger partial charge in [0.1, 0.15) is 5.82 Å². The van der Waals surface area contributed by atoms with Crippen LogP contribution in [0.5, 0.6) is 0 Å². The number of rotatable bonds is 9. The Bertz CT molecular complexity index is 642. The van der Waals surface area contributed by atoms with Gasteiger partial charge in [-0.3, -0.25) is 14.6 Å². The Morgan fingerprint density at radius 3 is 2.65 bits per heavy atom. The minimum atomic E-state index is -0.126. The molecular weight excluding hydrogens is 332 g/mol. The highest BCUT2D eigenvalue weighted by Gasteiger charge is 2.28. The standard InChI is InChI=1S/C18H28N6O2/c1-3-19-18(22-12-11-20-17(26)14-7-8-14)21-10-9-16(25)24-15-6-4-5-13(2)23-15/h4-6,14H,3,7-12H2,1-2H3,(H,20,26)(H2,19,21,22)(H,23,24,25). The Kier molecular flexibility index (Phi) is 7.85. The number of nitrogens with zero attached hydrogens (tertiary/aromatic N) is 2. The van der Waals surface area contributed by atoms with Crippen LogP contribution in [0.1, 0.15) is 31.9 Å². The number of hydrogen-bond donors (Lipinski definition) is 4. The molecule has 0 spiro atoms. The highest BCUT2D eigenvalue weighted by molar-refractivity contribution is 5.90. The first kappa shape index (κ1) is 19.7. The van der Waals surface area contributed by atoms with Crippen molar-refractivity contribution < 1.29 is 9.59 Å². The van der Waals surface area contributed by atoms with Gasteiger partial charge < -0.3 is 21.3 Å². The monoisotopic (exact) mass is 360 g/mol. The molecule has 0 atom stereocenters. The van der Waals surface area contributed by atoms with E-state index in [1.54, 1.807) is 6.07 Å². The highest BCUT2D eigenvalue weighted by atomic mass is 16.2. The largest absolute Gasteiger partial charge is 0.357 e. The van der Waals surface area contributed by atoms with Crippen molar-refractivity contribution in [3.63, 3.8) is 0 Å². The number of aromatic nitrogens is 1. The molecule has 1 fully saturated rings. The Hall–Kier alpha value is -2.64. The number of carbonyl (C=O) groups excluding carboxylic acids is 2. The lowest BCUT2D eigenvalue weighted by Gasteiger charge is -2.11. The van der Waals surface area contributed by atoms with Gasteiger partial charge in [0.2, 0.25) is 11.8 Å². The third-order valence-corrected chi connectivity index (χ3v) is 3.77. The van der Waals surface area contributed by atoms with Crippen LogP contribution in [-0.2, 0) is 9.59 Å². The molecular formula is C18H28N6O2. The average molecular weight is 360 g/mol. The SMILES string of the molecule is CCNC(=NCCC(=O)Nc1cccc(C)n1)NCCNC(=O)C1CC1. The molecule has 4 N–H and O–H groups in total. The molecule has 1 aromatic rings. The Morgan fingerprint density at radius 2 is 1.96 bits per heavy atom. The molecule has 2 amide bonds. The second-order valence-electron chi connectivity index (χ2n) is 6.22. The molecule has 1 saturated carbocycles. The van der Waals surface area contributed by atoms with Gasteiger partial charge in [-0.25, -0.2) is 4.98 Å². The summed E-state index contributed by atoms with van der Waals surface area (Å²) in [6, 6.07) is 5.49. The summed E-state index contributed by atoms with van der Waals surface area (Å²) in [5.41, 5.74) is 0.855. The lowest BCUT2D eigenvalue weighted by molar-refractivity contribution is -0.122. The van der Waals surface area contributed by atoms with E-state index < -0.39 is 0 Å². The Balaban J connectivity index is 1.67. The summed E-state index contributed by atoms with van der Waals surface area (Å²) in [6.45, 7) is 6.08. The van der Waals surface area contributed by atoms with Crippen molar-refractivity contribution in [2.45, 2.75) is 33.1 Å². The molecule has 0 radical (unpaired) electrons. The van der Waals surface area contributed by atoms with Gasteiger partial charge in [0.15, 0.2) is 5.96 Å². The molecule has 1 aliphatic carbocycles. The van der Waals surface area contributed by atoms with Gasteiger partial charge in [0, 0.05) is 37.7 Å². The minimum absolute atomic E-state index is 0.126. The second-order valence-corrected chi connectivity index (χ2v) is 6.22. The van der Waals surface area contributed by atoms with Crippen LogP contribution in [0.4, 0.5) is 5.82 Å². The van der Waals surface area contributed by atoms with Gasteiger partial charge in [-0.1, -0.05) is 6.07 Å². The van der Waals surface area contributed by atoms with Crippen molar-refractivity contribution in [2.24, 2.45) is 10.9 Å². The van der Waals surface area contributed by atoms with Crippen LogP contribution < -0.4 is 21.3 Å². The van der Waals surface area contributed by atoms with Crippen LogP contribution in [0.15, 0.2) is 23.2 Å². The molecule has 1 aliphatic rings. The van der Waals surface area contributed by atoms with E-state index in [0.29, 0.717) is 31.4 Å². The number of hydrogen-bond acceptors (Lipinski definition) is 4. The van der Waals surface area contributed by atoms with E-state index in [1.165, 1.54) is 0 Å². The molecule has 0 bridgehead atoms. The molecule has 1 aromatic heterocycles. The van der Waals surface area contributed by atoms with Gasteiger partial charge >= 0.3 is 0 Å². The van der Waals surface area contributed by atoms with Crippen molar-refractivity contribution in [1.29, 1.82) is 0 Å². The molecule has 1 heterocycles. The van der Waals surface area contributed by atoms with Crippen molar-refractivity contribution >= 4 is 23.6 Å². The second kappa shape index (κ2) is 10.4. The third-order valence-electron chi connectivity index (χ3n) is 3.77. The zero-order chi connectivity index (χ0) is 18.8. The van der Waals surface area contributed by atoms with Gasteiger partial charge in [-0.15, -0.1) is 0 Å². The number of guanidine groups is 1. The van der Waals surface area contributed by atoms with E-state index >= 15 is 0 Å². The van der Waals surface area contributed by atoms with E-state index in [0.717, 1.165) is 25.1 Å². The number of amides is 2. The molecule has 0 saturated heterocycles. The van der Waals surface area contributed by atoms with Crippen molar-refractivity contribution in [2.75, 3.05) is 31.5 Å². The quantitative estimate of drug-likeness (QED) is 0.296. The van der Waals surface area contributed by atoms with Gasteiger partial charge in [0.05, 0.1) is 6.54 Å². The number of aliphatic imine (C=N–C) groups is 1. The maximum absolute atomic E-state index is 12.0. The summed E-state index contributed by atoms with van der Waals surface area (Å²) in [5, 5.41) is 11.9. The van der Waals surface area contributed by atoms with Crippen LogP contribution in [0.2, 0.25) is 0 Å². The van der Waals surface area contributed by atoms with E-state index in [4.69, 9.17) is 0 Å². The number of aryl methyl sites for hydroxylation is 1. The van der Waals surface area contributed by atoms with Gasteiger partial charge in [0.25, 0.3) is 0 Å². The first-order chi connectivity index (χ1) is 12.6. The zero-order valence-corrected chi connectivity index (χ0v) is 15.5. The molecule has 0 unspecified atom stereocenters. The number of anilines is 1. The minimum Gasteiger partial charge on any atom is -0.357 e. The first-order valence-corrected chi connectivity index (χ1v) is 9.12. The van der Waals surface area contributed by atoms with Crippen LogP contribution in [0, 0.1) is 12.8 Å². The predicted octanol–water partition coefficient (Wildman–Crippen LogP) is 0.800. The molecule has 2 rings (SSSR count). The van der Waals surface area contributed by atoms with Gasteiger partial charge in [-0.05, 0) is 38.8 Å². The summed E-state index contributed by atoms with van der Waals surface area (Å²) in [6.07, 6.45) is 2.28. The predicted molar refractivity (Wildman–Crippen MR) is 102 cm³/mol. The van der Waals surface area contributed by atoms with Crippen molar-refractivity contribution in [3.05, 3.63) is 23.9 Å². The van der Waals surface area contributed by atoms with Crippen LogP contribution in [0.3, 0.4) is 0 Å². The molecule has 26 heavy (non-hydrogen) atoms. The fourth-order valence-electron chi connectivity index (χ4n) is 2.29. The van der Waals surface area contributed by atoms with Crippen LogP contribution in [0.25, 0.3) is 0 Å².